The van der Waals surface area contributed by atoms with Gasteiger partial charge in [0.1, 0.15) is 11.9 Å². The molecule has 15 heavy (non-hydrogen) atoms. The lowest BCUT2D eigenvalue weighted by atomic mass is 9.94. The molecule has 1 fully saturated rings. The Morgan fingerprint density at radius 3 is 3.13 bits per heavy atom. The fraction of sp³-hybridized carbons (Fsp3) is 0.636. The van der Waals surface area contributed by atoms with Crippen molar-refractivity contribution in [2.45, 2.75) is 25.9 Å². The molecule has 2 unspecified atom stereocenters. The highest BCUT2D eigenvalue weighted by molar-refractivity contribution is 5.06. The Balaban J connectivity index is 2.08. The Morgan fingerprint density at radius 2 is 2.47 bits per heavy atom. The van der Waals surface area contributed by atoms with Gasteiger partial charge in [0.05, 0.1) is 12.3 Å². The molecule has 0 amide bonds. The first-order chi connectivity index (χ1) is 7.27. The average Bonchev–Trinajstić information content (AvgIpc) is 2.29. The highest BCUT2D eigenvalue weighted by atomic mass is 16.5. The molecule has 2 atom stereocenters. The van der Waals surface area contributed by atoms with Gasteiger partial charge in [-0.25, -0.2) is 9.97 Å². The Morgan fingerprint density at radius 1 is 1.60 bits per heavy atom. The maximum absolute atomic E-state index is 10.1. The molecule has 0 aliphatic carbocycles. The minimum absolute atomic E-state index is 0.174. The number of ether oxygens (including phenoxy) is 1. The molecule has 1 aliphatic heterocycles. The van der Waals surface area contributed by atoms with Crippen LogP contribution < -0.4 is 0 Å². The van der Waals surface area contributed by atoms with Gasteiger partial charge in [-0.05, 0) is 25.8 Å². The number of nitrogens with zero attached hydrogens (tertiary/aromatic N) is 2. The largest absolute Gasteiger partial charge is 0.386 e. The van der Waals surface area contributed by atoms with Gasteiger partial charge in [-0.15, -0.1) is 0 Å². The molecule has 0 aromatic carbocycles. The highest BCUT2D eigenvalue weighted by Gasteiger charge is 2.24. The lowest BCUT2D eigenvalue weighted by molar-refractivity contribution is -0.0116. The van der Waals surface area contributed by atoms with Crippen LogP contribution in [-0.2, 0) is 4.74 Å². The van der Waals surface area contributed by atoms with E-state index in [1.807, 2.05) is 6.92 Å². The first-order valence-electron chi connectivity index (χ1n) is 5.33. The van der Waals surface area contributed by atoms with Crippen molar-refractivity contribution in [3.05, 3.63) is 23.8 Å². The summed E-state index contributed by atoms with van der Waals surface area (Å²) in [5, 5.41) is 10.1. The summed E-state index contributed by atoms with van der Waals surface area (Å²) in [5.41, 5.74) is 0.706. The molecule has 1 aliphatic rings. The zero-order chi connectivity index (χ0) is 10.7. The Hall–Kier alpha value is -1.00. The van der Waals surface area contributed by atoms with E-state index in [1.54, 1.807) is 12.3 Å². The first-order valence-corrected chi connectivity index (χ1v) is 5.33. The summed E-state index contributed by atoms with van der Waals surface area (Å²) in [6.07, 6.45) is 3.19. The number of rotatable bonds is 2. The Bertz CT molecular complexity index is 324. The third kappa shape index (κ3) is 2.52. The van der Waals surface area contributed by atoms with E-state index < -0.39 is 6.10 Å². The van der Waals surface area contributed by atoms with Crippen molar-refractivity contribution in [2.75, 3.05) is 13.2 Å². The quantitative estimate of drug-likeness (QED) is 0.794. The molecule has 2 rings (SSSR count). The number of hydrogen-bond acceptors (Lipinski definition) is 4. The summed E-state index contributed by atoms with van der Waals surface area (Å²) >= 11 is 0. The Labute approximate surface area is 89.3 Å². The van der Waals surface area contributed by atoms with Crippen LogP contribution in [0.3, 0.4) is 0 Å². The third-order valence-electron chi connectivity index (χ3n) is 2.74. The minimum atomic E-state index is -0.521. The van der Waals surface area contributed by atoms with E-state index in [0.717, 1.165) is 19.4 Å². The van der Waals surface area contributed by atoms with Gasteiger partial charge in [-0.1, -0.05) is 0 Å². The molecule has 0 spiro atoms. The van der Waals surface area contributed by atoms with Crippen LogP contribution in [-0.4, -0.2) is 28.3 Å². The standard InChI is InChI=1S/C11H16N2O2/c1-8-12-5-4-10(13-8)11(14)9-3-2-6-15-7-9/h4-5,9,11,14H,2-3,6-7H2,1H3. The highest BCUT2D eigenvalue weighted by Crippen LogP contribution is 2.27. The summed E-state index contributed by atoms with van der Waals surface area (Å²) in [6, 6.07) is 1.77. The topological polar surface area (TPSA) is 55.2 Å². The van der Waals surface area contributed by atoms with Crippen LogP contribution in [0.4, 0.5) is 0 Å². The zero-order valence-electron chi connectivity index (χ0n) is 8.89. The van der Waals surface area contributed by atoms with Gasteiger partial charge in [0, 0.05) is 18.7 Å². The van der Waals surface area contributed by atoms with Crippen molar-refractivity contribution in [1.82, 2.24) is 9.97 Å². The van der Waals surface area contributed by atoms with E-state index in [0.29, 0.717) is 18.1 Å². The maximum Gasteiger partial charge on any atom is 0.125 e. The molecule has 0 bridgehead atoms. The van der Waals surface area contributed by atoms with Gasteiger partial charge in [0.15, 0.2) is 0 Å². The molecule has 1 aromatic rings. The SMILES string of the molecule is Cc1nccc(C(O)C2CCCOC2)n1. The van der Waals surface area contributed by atoms with Crippen LogP contribution in [0.15, 0.2) is 12.3 Å². The fourth-order valence-corrected chi connectivity index (χ4v) is 1.90. The van der Waals surface area contributed by atoms with Crippen molar-refractivity contribution >= 4 is 0 Å². The van der Waals surface area contributed by atoms with Crippen LogP contribution in [0, 0.1) is 12.8 Å². The zero-order valence-corrected chi connectivity index (χ0v) is 8.89. The summed E-state index contributed by atoms with van der Waals surface area (Å²) in [5.74, 6) is 0.872. The summed E-state index contributed by atoms with van der Waals surface area (Å²) in [4.78, 5) is 8.25. The van der Waals surface area contributed by atoms with E-state index in [9.17, 15) is 5.11 Å². The van der Waals surface area contributed by atoms with Gasteiger partial charge in [0.2, 0.25) is 0 Å². The van der Waals surface area contributed by atoms with Gasteiger partial charge < -0.3 is 9.84 Å². The molecule has 1 N–H and O–H groups in total. The first kappa shape index (κ1) is 10.5. The Kier molecular flexibility index (Phi) is 3.28. The fourth-order valence-electron chi connectivity index (χ4n) is 1.90. The van der Waals surface area contributed by atoms with Gasteiger partial charge in [-0.3, -0.25) is 0 Å². The van der Waals surface area contributed by atoms with Gasteiger partial charge in [0.25, 0.3) is 0 Å². The van der Waals surface area contributed by atoms with Crippen molar-refractivity contribution in [1.29, 1.82) is 0 Å². The molecule has 1 aromatic heterocycles. The molecular weight excluding hydrogens is 192 g/mol. The van der Waals surface area contributed by atoms with Crippen LogP contribution in [0.2, 0.25) is 0 Å². The number of aromatic nitrogens is 2. The average molecular weight is 208 g/mol. The van der Waals surface area contributed by atoms with Crippen molar-refractivity contribution < 1.29 is 9.84 Å². The third-order valence-corrected chi connectivity index (χ3v) is 2.74. The van der Waals surface area contributed by atoms with Crippen LogP contribution in [0.5, 0.6) is 0 Å². The molecule has 2 heterocycles. The molecule has 0 radical (unpaired) electrons. The van der Waals surface area contributed by atoms with Crippen LogP contribution in [0.1, 0.15) is 30.5 Å². The van der Waals surface area contributed by atoms with Crippen LogP contribution >= 0.6 is 0 Å². The summed E-state index contributed by atoms with van der Waals surface area (Å²) in [7, 11) is 0. The second-order valence-electron chi connectivity index (χ2n) is 3.95. The second-order valence-corrected chi connectivity index (χ2v) is 3.95. The van der Waals surface area contributed by atoms with Gasteiger partial charge >= 0.3 is 0 Å². The van der Waals surface area contributed by atoms with E-state index >= 15 is 0 Å². The van der Waals surface area contributed by atoms with Crippen molar-refractivity contribution in [3.8, 4) is 0 Å². The molecule has 0 saturated carbocycles. The number of aryl methyl sites for hydroxylation is 1. The van der Waals surface area contributed by atoms with E-state index in [-0.39, 0.29) is 5.92 Å². The molecule has 1 saturated heterocycles. The summed E-state index contributed by atoms with van der Waals surface area (Å²) < 4.78 is 5.35. The van der Waals surface area contributed by atoms with Gasteiger partial charge in [-0.2, -0.15) is 0 Å². The predicted molar refractivity (Wildman–Crippen MR) is 55.3 cm³/mol. The predicted octanol–water partition coefficient (Wildman–Crippen LogP) is 1.25. The number of hydrogen-bond donors (Lipinski definition) is 1. The van der Waals surface area contributed by atoms with Crippen molar-refractivity contribution in [3.63, 3.8) is 0 Å². The number of aliphatic hydroxyl groups excluding tert-OH is 1. The second kappa shape index (κ2) is 4.68. The van der Waals surface area contributed by atoms with Crippen molar-refractivity contribution in [2.24, 2.45) is 5.92 Å². The lowest BCUT2D eigenvalue weighted by Gasteiger charge is -2.26. The van der Waals surface area contributed by atoms with E-state index in [1.165, 1.54) is 0 Å². The van der Waals surface area contributed by atoms with E-state index in [2.05, 4.69) is 9.97 Å². The lowest BCUT2D eigenvalue weighted by Crippen LogP contribution is -2.24. The molecule has 82 valence electrons. The molecular formula is C11H16N2O2. The normalized spacial score (nSPS) is 23.7. The van der Waals surface area contributed by atoms with E-state index in [4.69, 9.17) is 4.74 Å². The molecule has 4 nitrogen and oxygen atoms in total. The van der Waals surface area contributed by atoms with Crippen LogP contribution in [0.25, 0.3) is 0 Å². The molecule has 4 heteroatoms. The number of aliphatic hydroxyl groups is 1. The maximum atomic E-state index is 10.1. The smallest absolute Gasteiger partial charge is 0.125 e. The minimum Gasteiger partial charge on any atom is -0.386 e. The monoisotopic (exact) mass is 208 g/mol. The summed E-state index contributed by atoms with van der Waals surface area (Å²) in [6.45, 7) is 3.27.